The summed E-state index contributed by atoms with van der Waals surface area (Å²) in [5.74, 6) is 0. The van der Waals surface area contributed by atoms with E-state index < -0.39 is 0 Å². The van der Waals surface area contributed by atoms with Gasteiger partial charge in [0.15, 0.2) is 0 Å². The van der Waals surface area contributed by atoms with Gasteiger partial charge in [0.25, 0.3) is 0 Å². The average Bonchev–Trinajstić information content (AvgIpc) is 2.37. The standard InChI is InChI=1S/C14H29NO2/c1-3-10-15-13-6-8-14(9-7-13)17-12-5-4-11-16-2/h13-15H,3-12H2,1-2H3. The maximum atomic E-state index is 5.90. The van der Waals surface area contributed by atoms with E-state index in [0.717, 1.165) is 38.6 Å². The molecule has 0 amide bonds. The van der Waals surface area contributed by atoms with Crippen LogP contribution in [-0.4, -0.2) is 39.0 Å². The van der Waals surface area contributed by atoms with Gasteiger partial charge in [-0.15, -0.1) is 0 Å². The molecule has 1 aliphatic carbocycles. The quantitative estimate of drug-likeness (QED) is 0.632. The highest BCUT2D eigenvalue weighted by Crippen LogP contribution is 2.21. The first-order valence-electron chi connectivity index (χ1n) is 7.20. The Balaban J connectivity index is 1.95. The topological polar surface area (TPSA) is 30.5 Å². The molecule has 1 fully saturated rings. The van der Waals surface area contributed by atoms with Crippen molar-refractivity contribution >= 4 is 0 Å². The van der Waals surface area contributed by atoms with Crippen molar-refractivity contribution in [2.45, 2.75) is 64.0 Å². The van der Waals surface area contributed by atoms with Gasteiger partial charge in [-0.2, -0.15) is 0 Å². The zero-order valence-electron chi connectivity index (χ0n) is 11.5. The van der Waals surface area contributed by atoms with E-state index in [1.54, 1.807) is 7.11 Å². The van der Waals surface area contributed by atoms with Gasteiger partial charge in [-0.25, -0.2) is 0 Å². The van der Waals surface area contributed by atoms with Gasteiger partial charge in [0.1, 0.15) is 0 Å². The van der Waals surface area contributed by atoms with Crippen LogP contribution in [0.4, 0.5) is 0 Å². The number of hydrogen-bond donors (Lipinski definition) is 1. The second-order valence-corrected chi connectivity index (χ2v) is 5.00. The minimum atomic E-state index is 0.511. The molecule has 0 heterocycles. The molecule has 0 bridgehead atoms. The Hall–Kier alpha value is -0.120. The Morgan fingerprint density at radius 3 is 2.41 bits per heavy atom. The molecule has 1 saturated carbocycles. The van der Waals surface area contributed by atoms with E-state index in [9.17, 15) is 0 Å². The van der Waals surface area contributed by atoms with Gasteiger partial charge in [-0.05, 0) is 51.5 Å². The molecule has 17 heavy (non-hydrogen) atoms. The first-order valence-corrected chi connectivity index (χ1v) is 7.20. The fraction of sp³-hybridized carbons (Fsp3) is 1.00. The first kappa shape index (κ1) is 14.9. The fourth-order valence-corrected chi connectivity index (χ4v) is 2.38. The summed E-state index contributed by atoms with van der Waals surface area (Å²) >= 11 is 0. The van der Waals surface area contributed by atoms with Gasteiger partial charge in [0, 0.05) is 26.4 Å². The normalized spacial score (nSPS) is 25.1. The number of ether oxygens (including phenoxy) is 2. The van der Waals surface area contributed by atoms with Crippen LogP contribution in [0.2, 0.25) is 0 Å². The summed E-state index contributed by atoms with van der Waals surface area (Å²) in [6, 6.07) is 0.739. The molecule has 0 aromatic rings. The van der Waals surface area contributed by atoms with Crippen molar-refractivity contribution in [2.24, 2.45) is 0 Å². The molecule has 1 aliphatic rings. The largest absolute Gasteiger partial charge is 0.385 e. The maximum Gasteiger partial charge on any atom is 0.0576 e. The van der Waals surface area contributed by atoms with Crippen molar-refractivity contribution < 1.29 is 9.47 Å². The van der Waals surface area contributed by atoms with Gasteiger partial charge in [-0.3, -0.25) is 0 Å². The first-order chi connectivity index (χ1) is 8.36. The molecule has 1 rings (SSSR count). The number of nitrogens with one attached hydrogen (secondary N) is 1. The monoisotopic (exact) mass is 243 g/mol. The van der Waals surface area contributed by atoms with Crippen LogP contribution in [0.3, 0.4) is 0 Å². The molecule has 0 aliphatic heterocycles. The SMILES string of the molecule is CCCNC1CCC(OCCCCOC)CC1. The molecular weight excluding hydrogens is 214 g/mol. The Labute approximate surface area is 106 Å². The van der Waals surface area contributed by atoms with Gasteiger partial charge >= 0.3 is 0 Å². The van der Waals surface area contributed by atoms with Crippen LogP contribution < -0.4 is 5.32 Å². The summed E-state index contributed by atoms with van der Waals surface area (Å²) in [7, 11) is 1.76. The minimum absolute atomic E-state index is 0.511. The lowest BCUT2D eigenvalue weighted by molar-refractivity contribution is 0.0185. The molecule has 0 radical (unpaired) electrons. The summed E-state index contributed by atoms with van der Waals surface area (Å²) in [4.78, 5) is 0. The Morgan fingerprint density at radius 2 is 1.76 bits per heavy atom. The molecule has 3 nitrogen and oxygen atoms in total. The number of unbranched alkanes of at least 4 members (excludes halogenated alkanes) is 1. The van der Waals surface area contributed by atoms with Gasteiger partial charge in [0.05, 0.1) is 6.10 Å². The smallest absolute Gasteiger partial charge is 0.0576 e. The van der Waals surface area contributed by atoms with E-state index in [2.05, 4.69) is 12.2 Å². The zero-order chi connectivity index (χ0) is 12.3. The predicted octanol–water partition coefficient (Wildman–Crippen LogP) is 2.74. The van der Waals surface area contributed by atoms with Crippen LogP contribution in [0.15, 0.2) is 0 Å². The lowest BCUT2D eigenvalue weighted by Gasteiger charge is -2.29. The van der Waals surface area contributed by atoms with E-state index in [1.165, 1.54) is 32.1 Å². The van der Waals surface area contributed by atoms with Crippen LogP contribution in [0, 0.1) is 0 Å². The van der Waals surface area contributed by atoms with E-state index in [0.29, 0.717) is 6.10 Å². The van der Waals surface area contributed by atoms with Gasteiger partial charge in [-0.1, -0.05) is 6.92 Å². The number of methoxy groups -OCH3 is 1. The molecule has 0 unspecified atom stereocenters. The average molecular weight is 243 g/mol. The summed E-state index contributed by atoms with van der Waals surface area (Å²) in [5, 5.41) is 3.60. The van der Waals surface area contributed by atoms with E-state index in [1.807, 2.05) is 0 Å². The molecule has 0 aromatic heterocycles. The molecule has 3 heteroatoms. The molecule has 0 atom stereocenters. The Bertz CT molecular complexity index is 165. The van der Waals surface area contributed by atoms with E-state index in [-0.39, 0.29) is 0 Å². The van der Waals surface area contributed by atoms with E-state index in [4.69, 9.17) is 9.47 Å². The van der Waals surface area contributed by atoms with E-state index >= 15 is 0 Å². The molecular formula is C14H29NO2. The number of rotatable bonds is 9. The third-order valence-electron chi connectivity index (χ3n) is 3.45. The fourth-order valence-electron chi connectivity index (χ4n) is 2.38. The summed E-state index contributed by atoms with van der Waals surface area (Å²) < 4.78 is 10.9. The van der Waals surface area contributed by atoms with Crippen LogP contribution in [0.5, 0.6) is 0 Å². The highest BCUT2D eigenvalue weighted by Gasteiger charge is 2.20. The highest BCUT2D eigenvalue weighted by atomic mass is 16.5. The molecule has 1 N–H and O–H groups in total. The van der Waals surface area contributed by atoms with Crippen molar-refractivity contribution in [2.75, 3.05) is 26.9 Å². The summed E-state index contributed by atoms with van der Waals surface area (Å²) in [6.07, 6.45) is 9.00. The third kappa shape index (κ3) is 7.02. The van der Waals surface area contributed by atoms with Crippen molar-refractivity contribution in [3.8, 4) is 0 Å². The van der Waals surface area contributed by atoms with Crippen LogP contribution in [0.25, 0.3) is 0 Å². The molecule has 0 saturated heterocycles. The van der Waals surface area contributed by atoms with Crippen molar-refractivity contribution in [1.29, 1.82) is 0 Å². The van der Waals surface area contributed by atoms with Crippen molar-refractivity contribution in [3.63, 3.8) is 0 Å². The summed E-state index contributed by atoms with van der Waals surface area (Å²) in [5.41, 5.74) is 0. The van der Waals surface area contributed by atoms with Crippen molar-refractivity contribution in [3.05, 3.63) is 0 Å². The molecule has 102 valence electrons. The predicted molar refractivity (Wildman–Crippen MR) is 71.4 cm³/mol. The second-order valence-electron chi connectivity index (χ2n) is 5.00. The number of hydrogen-bond acceptors (Lipinski definition) is 3. The maximum absolute atomic E-state index is 5.90. The zero-order valence-corrected chi connectivity index (χ0v) is 11.5. The summed E-state index contributed by atoms with van der Waals surface area (Å²) in [6.45, 7) is 5.15. The highest BCUT2D eigenvalue weighted by molar-refractivity contribution is 4.77. The lowest BCUT2D eigenvalue weighted by atomic mass is 9.93. The third-order valence-corrected chi connectivity index (χ3v) is 3.45. The molecule has 0 spiro atoms. The van der Waals surface area contributed by atoms with Crippen LogP contribution in [0.1, 0.15) is 51.9 Å². The Kier molecular flexibility index (Phi) is 8.67. The molecule has 0 aromatic carbocycles. The minimum Gasteiger partial charge on any atom is -0.385 e. The second kappa shape index (κ2) is 9.86. The van der Waals surface area contributed by atoms with Crippen LogP contribution >= 0.6 is 0 Å². The van der Waals surface area contributed by atoms with Crippen LogP contribution in [-0.2, 0) is 9.47 Å². The Morgan fingerprint density at radius 1 is 1.06 bits per heavy atom. The van der Waals surface area contributed by atoms with Gasteiger partial charge < -0.3 is 14.8 Å². The van der Waals surface area contributed by atoms with Gasteiger partial charge in [0.2, 0.25) is 0 Å². The lowest BCUT2D eigenvalue weighted by Crippen LogP contribution is -2.35. The van der Waals surface area contributed by atoms with Crippen molar-refractivity contribution in [1.82, 2.24) is 5.32 Å².